The van der Waals surface area contributed by atoms with Crippen LogP contribution in [0.2, 0.25) is 5.15 Å². The number of halogens is 1. The summed E-state index contributed by atoms with van der Waals surface area (Å²) in [5, 5.41) is 9.25. The third-order valence-electron chi connectivity index (χ3n) is 2.15. The van der Waals surface area contributed by atoms with Gasteiger partial charge in [0.25, 0.3) is 0 Å². The maximum Gasteiger partial charge on any atom is 0.171 e. The van der Waals surface area contributed by atoms with Crippen LogP contribution in [0.1, 0.15) is 0 Å². The van der Waals surface area contributed by atoms with Gasteiger partial charge in [0.05, 0.1) is 0 Å². The summed E-state index contributed by atoms with van der Waals surface area (Å²) in [7, 11) is 0. The molecule has 0 aliphatic carbocycles. The minimum atomic E-state index is 0.231. The predicted molar refractivity (Wildman–Crippen MR) is 49.8 cm³/mol. The number of rotatable bonds is 2. The second-order valence-electron chi connectivity index (χ2n) is 3.12. The van der Waals surface area contributed by atoms with Gasteiger partial charge in [-0.3, -0.25) is 0 Å². The summed E-state index contributed by atoms with van der Waals surface area (Å²) < 4.78 is 0. The normalized spacial score (nSPS) is 17.2. The standard InChI is InChI=1S/C8H10ClN3O/c9-7-8(11-2-1-10-7)12-3-6(4-12)5-13/h1-2,6,13H,3-5H2. The molecule has 0 unspecified atom stereocenters. The highest BCUT2D eigenvalue weighted by Gasteiger charge is 2.28. The van der Waals surface area contributed by atoms with Gasteiger partial charge in [-0.1, -0.05) is 11.6 Å². The van der Waals surface area contributed by atoms with E-state index >= 15 is 0 Å². The highest BCUT2D eigenvalue weighted by atomic mass is 35.5. The Hall–Kier alpha value is -0.870. The molecule has 0 bridgehead atoms. The molecule has 5 heteroatoms. The molecule has 13 heavy (non-hydrogen) atoms. The van der Waals surface area contributed by atoms with Crippen LogP contribution in [0.3, 0.4) is 0 Å². The van der Waals surface area contributed by atoms with Crippen molar-refractivity contribution >= 4 is 17.4 Å². The number of hydrogen-bond acceptors (Lipinski definition) is 4. The quantitative estimate of drug-likeness (QED) is 0.756. The van der Waals surface area contributed by atoms with Gasteiger partial charge in [0, 0.05) is 38.0 Å². The number of aromatic nitrogens is 2. The van der Waals surface area contributed by atoms with E-state index in [0.717, 1.165) is 13.1 Å². The fourth-order valence-electron chi connectivity index (χ4n) is 1.38. The molecular formula is C8H10ClN3O. The van der Waals surface area contributed by atoms with Gasteiger partial charge in [-0.05, 0) is 0 Å². The third-order valence-corrected chi connectivity index (χ3v) is 2.42. The van der Waals surface area contributed by atoms with Crippen molar-refractivity contribution in [1.29, 1.82) is 0 Å². The van der Waals surface area contributed by atoms with Gasteiger partial charge in [-0.2, -0.15) is 0 Å². The van der Waals surface area contributed by atoms with Crippen molar-refractivity contribution in [3.05, 3.63) is 17.5 Å². The zero-order valence-electron chi connectivity index (χ0n) is 7.02. The van der Waals surface area contributed by atoms with E-state index in [1.165, 1.54) is 0 Å². The first-order valence-electron chi connectivity index (χ1n) is 4.13. The number of anilines is 1. The van der Waals surface area contributed by atoms with Crippen molar-refractivity contribution in [2.24, 2.45) is 5.92 Å². The number of hydrogen-bond donors (Lipinski definition) is 1. The first-order valence-corrected chi connectivity index (χ1v) is 4.51. The molecule has 0 aromatic carbocycles. The summed E-state index contributed by atoms with van der Waals surface area (Å²) >= 11 is 5.84. The van der Waals surface area contributed by atoms with Crippen LogP contribution in [0.4, 0.5) is 5.82 Å². The summed E-state index contributed by atoms with van der Waals surface area (Å²) in [6, 6.07) is 0. The summed E-state index contributed by atoms with van der Waals surface area (Å²) in [5.74, 6) is 1.08. The van der Waals surface area contributed by atoms with Crippen LogP contribution in [0, 0.1) is 5.92 Å². The molecule has 1 N–H and O–H groups in total. The second kappa shape index (κ2) is 3.47. The molecule has 1 aliphatic rings. The molecule has 1 aromatic heterocycles. The maximum absolute atomic E-state index is 8.82. The number of aliphatic hydroxyl groups is 1. The summed E-state index contributed by atoms with van der Waals surface area (Å²) in [6.07, 6.45) is 3.18. The fourth-order valence-corrected chi connectivity index (χ4v) is 1.61. The topological polar surface area (TPSA) is 49.2 Å². The summed E-state index contributed by atoms with van der Waals surface area (Å²) in [6.45, 7) is 1.86. The maximum atomic E-state index is 8.82. The first kappa shape index (κ1) is 8.72. The molecule has 0 amide bonds. The van der Waals surface area contributed by atoms with Gasteiger partial charge in [-0.25, -0.2) is 9.97 Å². The largest absolute Gasteiger partial charge is 0.396 e. The van der Waals surface area contributed by atoms with Crippen molar-refractivity contribution in [2.45, 2.75) is 0 Å². The molecule has 2 rings (SSSR count). The monoisotopic (exact) mass is 199 g/mol. The van der Waals surface area contributed by atoms with Crippen LogP contribution in [0.25, 0.3) is 0 Å². The van der Waals surface area contributed by atoms with Crippen molar-refractivity contribution in [3.63, 3.8) is 0 Å². The molecule has 70 valence electrons. The number of nitrogens with zero attached hydrogens (tertiary/aromatic N) is 3. The smallest absolute Gasteiger partial charge is 0.171 e. The molecule has 1 aromatic rings. The zero-order valence-corrected chi connectivity index (χ0v) is 7.78. The van der Waals surface area contributed by atoms with Gasteiger partial charge in [0.1, 0.15) is 0 Å². The van der Waals surface area contributed by atoms with Gasteiger partial charge in [0.15, 0.2) is 11.0 Å². The van der Waals surface area contributed by atoms with Crippen LogP contribution in [-0.2, 0) is 0 Å². The Morgan fingerprint density at radius 2 is 2.15 bits per heavy atom. The van der Waals surface area contributed by atoms with E-state index < -0.39 is 0 Å². The summed E-state index contributed by atoms with van der Waals surface area (Å²) in [5.41, 5.74) is 0. The molecule has 1 aliphatic heterocycles. The summed E-state index contributed by atoms with van der Waals surface area (Å²) in [4.78, 5) is 10.1. The molecule has 0 saturated carbocycles. The van der Waals surface area contributed by atoms with E-state index in [9.17, 15) is 0 Å². The fraction of sp³-hybridized carbons (Fsp3) is 0.500. The SMILES string of the molecule is OCC1CN(c2nccnc2Cl)C1. The lowest BCUT2D eigenvalue weighted by Crippen LogP contribution is -2.49. The molecule has 1 saturated heterocycles. The van der Waals surface area contributed by atoms with Crippen LogP contribution < -0.4 is 4.90 Å². The Morgan fingerprint density at radius 3 is 2.77 bits per heavy atom. The Labute approximate surface area is 81.2 Å². The average Bonchev–Trinajstić information content (AvgIpc) is 2.06. The molecule has 0 spiro atoms. The van der Waals surface area contributed by atoms with Gasteiger partial charge >= 0.3 is 0 Å². The van der Waals surface area contributed by atoms with E-state index in [-0.39, 0.29) is 6.61 Å². The van der Waals surface area contributed by atoms with Crippen LogP contribution >= 0.6 is 11.6 Å². The van der Waals surface area contributed by atoms with Gasteiger partial charge in [0.2, 0.25) is 0 Å². The van der Waals surface area contributed by atoms with Crippen LogP contribution in [0.15, 0.2) is 12.4 Å². The van der Waals surface area contributed by atoms with Crippen molar-refractivity contribution in [1.82, 2.24) is 9.97 Å². The van der Waals surface area contributed by atoms with Crippen molar-refractivity contribution in [3.8, 4) is 0 Å². The molecule has 2 heterocycles. The Kier molecular flexibility index (Phi) is 2.33. The van der Waals surface area contributed by atoms with Gasteiger partial charge < -0.3 is 10.0 Å². The molecular weight excluding hydrogens is 190 g/mol. The van der Waals surface area contributed by atoms with Crippen molar-refractivity contribution < 1.29 is 5.11 Å². The Bertz CT molecular complexity index is 301. The lowest BCUT2D eigenvalue weighted by molar-refractivity contribution is 0.200. The van der Waals surface area contributed by atoms with E-state index in [1.807, 2.05) is 4.90 Å². The molecule has 0 atom stereocenters. The molecule has 4 nitrogen and oxygen atoms in total. The predicted octanol–water partition coefficient (Wildman–Crippen LogP) is 0.558. The second-order valence-corrected chi connectivity index (χ2v) is 3.48. The lowest BCUT2D eigenvalue weighted by Gasteiger charge is -2.39. The van der Waals surface area contributed by atoms with Crippen LogP contribution in [-0.4, -0.2) is 34.8 Å². The van der Waals surface area contributed by atoms with Crippen LogP contribution in [0.5, 0.6) is 0 Å². The zero-order chi connectivity index (χ0) is 9.26. The first-order chi connectivity index (χ1) is 6.31. The Morgan fingerprint density at radius 1 is 1.46 bits per heavy atom. The van der Waals surface area contributed by atoms with E-state index in [2.05, 4.69) is 9.97 Å². The van der Waals surface area contributed by atoms with E-state index in [0.29, 0.717) is 16.9 Å². The highest BCUT2D eigenvalue weighted by Crippen LogP contribution is 2.26. The molecule has 1 fully saturated rings. The van der Waals surface area contributed by atoms with E-state index in [4.69, 9.17) is 16.7 Å². The minimum absolute atomic E-state index is 0.231. The minimum Gasteiger partial charge on any atom is -0.396 e. The highest BCUT2D eigenvalue weighted by molar-refractivity contribution is 6.31. The Balaban J connectivity index is 2.07. The van der Waals surface area contributed by atoms with E-state index in [1.54, 1.807) is 12.4 Å². The lowest BCUT2D eigenvalue weighted by atomic mass is 10.0. The van der Waals surface area contributed by atoms with Crippen molar-refractivity contribution in [2.75, 3.05) is 24.6 Å². The molecule has 0 radical (unpaired) electrons. The number of aliphatic hydroxyl groups excluding tert-OH is 1. The average molecular weight is 200 g/mol. The van der Waals surface area contributed by atoms with Gasteiger partial charge in [-0.15, -0.1) is 0 Å². The third kappa shape index (κ3) is 1.59.